The van der Waals surface area contributed by atoms with Crippen LogP contribution >= 0.6 is 0 Å². The molecule has 3 N–H and O–H groups in total. The Bertz CT molecular complexity index is 1040. The van der Waals surface area contributed by atoms with E-state index in [2.05, 4.69) is 15.3 Å². The molecule has 31 heavy (non-hydrogen) atoms. The summed E-state index contributed by atoms with van der Waals surface area (Å²) in [5.74, 6) is 0.396. The van der Waals surface area contributed by atoms with E-state index in [-0.39, 0.29) is 24.0 Å². The van der Waals surface area contributed by atoms with Gasteiger partial charge in [-0.3, -0.25) is 4.98 Å². The first kappa shape index (κ1) is 21.6. The lowest BCUT2D eigenvalue weighted by Gasteiger charge is -2.33. The van der Waals surface area contributed by atoms with Crippen LogP contribution < -0.4 is 15.8 Å². The number of aryl methyl sites for hydroxylation is 1. The van der Waals surface area contributed by atoms with Gasteiger partial charge in [0.15, 0.2) is 0 Å². The van der Waals surface area contributed by atoms with E-state index >= 15 is 0 Å². The highest BCUT2D eigenvalue weighted by molar-refractivity contribution is 5.78. The number of ether oxygens (including phenoxy) is 2. The zero-order valence-electron chi connectivity index (χ0n) is 18.0. The van der Waals surface area contributed by atoms with Crippen molar-refractivity contribution in [2.45, 2.75) is 50.9 Å². The monoisotopic (exact) mass is 424 g/mol. The summed E-state index contributed by atoms with van der Waals surface area (Å²) < 4.78 is 25.1. The molecule has 0 bridgehead atoms. The Balaban J connectivity index is 1.32. The van der Waals surface area contributed by atoms with Crippen molar-refractivity contribution < 1.29 is 13.9 Å². The fourth-order valence-electron chi connectivity index (χ4n) is 4.00. The third kappa shape index (κ3) is 5.18. The predicted octanol–water partition coefficient (Wildman–Crippen LogP) is 3.29. The first-order valence-corrected chi connectivity index (χ1v) is 10.7. The van der Waals surface area contributed by atoms with Crippen LogP contribution in [-0.4, -0.2) is 41.9 Å². The van der Waals surface area contributed by atoms with Gasteiger partial charge < -0.3 is 20.5 Å². The van der Waals surface area contributed by atoms with Crippen LogP contribution in [0.1, 0.15) is 29.5 Å². The number of aromatic nitrogens is 2. The van der Waals surface area contributed by atoms with E-state index in [4.69, 9.17) is 15.2 Å². The van der Waals surface area contributed by atoms with Crippen LogP contribution in [0.15, 0.2) is 42.6 Å². The van der Waals surface area contributed by atoms with E-state index in [1.54, 1.807) is 32.4 Å². The number of methoxy groups -OCH3 is 1. The van der Waals surface area contributed by atoms with Gasteiger partial charge in [0.1, 0.15) is 5.82 Å². The number of fused-ring (bicyclic) bond motifs is 1. The summed E-state index contributed by atoms with van der Waals surface area (Å²) in [6, 6.07) is 11.1. The maximum absolute atomic E-state index is 13.7. The number of halogens is 1. The van der Waals surface area contributed by atoms with E-state index in [9.17, 15) is 4.39 Å². The summed E-state index contributed by atoms with van der Waals surface area (Å²) in [5.41, 5.74) is 10.8. The summed E-state index contributed by atoms with van der Waals surface area (Å²) >= 11 is 0. The van der Waals surface area contributed by atoms with Gasteiger partial charge in [-0.2, -0.15) is 0 Å². The highest BCUT2D eigenvalue weighted by atomic mass is 19.1. The number of pyridine rings is 2. The second-order valence-electron chi connectivity index (χ2n) is 8.17. The molecule has 3 aromatic rings. The van der Waals surface area contributed by atoms with Crippen LogP contribution in [0, 0.1) is 12.7 Å². The second-order valence-corrected chi connectivity index (χ2v) is 8.17. The van der Waals surface area contributed by atoms with Gasteiger partial charge in [-0.1, -0.05) is 12.1 Å². The quantitative estimate of drug-likeness (QED) is 0.606. The van der Waals surface area contributed by atoms with Crippen LogP contribution in [0.25, 0.3) is 11.0 Å². The summed E-state index contributed by atoms with van der Waals surface area (Å²) in [7, 11) is 1.60. The minimum absolute atomic E-state index is 0.0105. The average Bonchev–Trinajstić information content (AvgIpc) is 2.80. The number of hydrogen-bond donors (Lipinski definition) is 2. The molecule has 2 aromatic heterocycles. The normalized spacial score (nSPS) is 20.0. The Hall–Kier alpha value is -2.61. The Morgan fingerprint density at radius 3 is 2.87 bits per heavy atom. The standard InChI is InChI=1S/C24H29FN4O2/c1-15-3-4-16(11-19(15)25)13-28-18-5-7-22(31-14-18)20(26)12-17-9-10-27-21-6-8-23(30-2)29-24(17)21/h3-4,6,8-11,18,20,22,28H,5,7,12-14,26H2,1-2H3/t18-,20-,22+/m0/s1. The molecule has 1 fully saturated rings. The third-order valence-electron chi connectivity index (χ3n) is 5.93. The average molecular weight is 425 g/mol. The molecule has 1 aromatic carbocycles. The molecule has 4 rings (SSSR count). The molecule has 0 unspecified atom stereocenters. The van der Waals surface area contributed by atoms with Crippen LogP contribution in [0.3, 0.4) is 0 Å². The van der Waals surface area contributed by atoms with Crippen molar-refractivity contribution in [3.05, 3.63) is 65.1 Å². The number of rotatable bonds is 7. The van der Waals surface area contributed by atoms with Crippen LogP contribution in [0.4, 0.5) is 4.39 Å². The molecule has 0 radical (unpaired) electrons. The van der Waals surface area contributed by atoms with E-state index in [0.29, 0.717) is 31.0 Å². The molecule has 1 aliphatic heterocycles. The molecule has 0 spiro atoms. The van der Waals surface area contributed by atoms with Crippen molar-refractivity contribution in [2.75, 3.05) is 13.7 Å². The van der Waals surface area contributed by atoms with Crippen LogP contribution in [0.5, 0.6) is 5.88 Å². The van der Waals surface area contributed by atoms with Crippen molar-refractivity contribution in [1.82, 2.24) is 15.3 Å². The first-order valence-electron chi connectivity index (χ1n) is 10.7. The van der Waals surface area contributed by atoms with Gasteiger partial charge in [0, 0.05) is 30.9 Å². The Morgan fingerprint density at radius 1 is 1.26 bits per heavy atom. The van der Waals surface area contributed by atoms with Crippen molar-refractivity contribution in [1.29, 1.82) is 0 Å². The fraction of sp³-hybridized carbons (Fsp3) is 0.417. The summed E-state index contributed by atoms with van der Waals surface area (Å²) in [5, 5.41) is 3.47. The van der Waals surface area contributed by atoms with Gasteiger partial charge in [-0.05, 0) is 61.1 Å². The zero-order valence-corrected chi connectivity index (χ0v) is 18.0. The third-order valence-corrected chi connectivity index (χ3v) is 5.93. The maximum atomic E-state index is 13.7. The predicted molar refractivity (Wildman–Crippen MR) is 119 cm³/mol. The summed E-state index contributed by atoms with van der Waals surface area (Å²) in [6.07, 6.45) is 4.28. The molecule has 1 aliphatic rings. The molecule has 7 heteroatoms. The highest BCUT2D eigenvalue weighted by Crippen LogP contribution is 2.23. The number of nitrogens with one attached hydrogen (secondary N) is 1. The molecule has 0 aliphatic carbocycles. The lowest BCUT2D eigenvalue weighted by molar-refractivity contribution is -0.0166. The molecule has 0 saturated carbocycles. The first-order chi connectivity index (χ1) is 15.0. The van der Waals surface area contributed by atoms with Gasteiger partial charge in [-0.25, -0.2) is 9.37 Å². The number of nitrogens with two attached hydrogens (primary N) is 1. The molecule has 0 amide bonds. The minimum Gasteiger partial charge on any atom is -0.481 e. The maximum Gasteiger partial charge on any atom is 0.213 e. The molecular formula is C24H29FN4O2. The van der Waals surface area contributed by atoms with Crippen molar-refractivity contribution >= 4 is 11.0 Å². The van der Waals surface area contributed by atoms with E-state index in [1.165, 1.54) is 0 Å². The second kappa shape index (κ2) is 9.68. The Morgan fingerprint density at radius 2 is 2.13 bits per heavy atom. The SMILES string of the molecule is COc1ccc2nccc(C[C@H](N)[C@H]3CC[C@H](NCc4ccc(C)c(F)c4)CO3)c2n1. The highest BCUT2D eigenvalue weighted by Gasteiger charge is 2.27. The van der Waals surface area contributed by atoms with Gasteiger partial charge in [0.05, 0.1) is 30.9 Å². The van der Waals surface area contributed by atoms with Gasteiger partial charge >= 0.3 is 0 Å². The summed E-state index contributed by atoms with van der Waals surface area (Å²) in [6.45, 7) is 2.99. The lowest BCUT2D eigenvalue weighted by atomic mass is 9.95. The Kier molecular flexibility index (Phi) is 6.75. The fourth-order valence-corrected chi connectivity index (χ4v) is 4.00. The minimum atomic E-state index is -0.166. The van der Waals surface area contributed by atoms with Crippen LogP contribution in [0.2, 0.25) is 0 Å². The Labute approximate surface area is 182 Å². The van der Waals surface area contributed by atoms with Gasteiger partial charge in [0.25, 0.3) is 0 Å². The van der Waals surface area contributed by atoms with Crippen LogP contribution in [-0.2, 0) is 17.7 Å². The summed E-state index contributed by atoms with van der Waals surface area (Å²) in [4.78, 5) is 8.93. The van der Waals surface area contributed by atoms with E-state index < -0.39 is 0 Å². The van der Waals surface area contributed by atoms with Crippen molar-refractivity contribution in [3.8, 4) is 5.88 Å². The topological polar surface area (TPSA) is 82.3 Å². The number of hydrogen-bond acceptors (Lipinski definition) is 6. The number of benzene rings is 1. The molecule has 3 atom stereocenters. The molecule has 3 heterocycles. The molecule has 6 nitrogen and oxygen atoms in total. The van der Waals surface area contributed by atoms with E-state index in [1.807, 2.05) is 24.3 Å². The molecule has 1 saturated heterocycles. The zero-order chi connectivity index (χ0) is 21.8. The molecule has 164 valence electrons. The van der Waals surface area contributed by atoms with E-state index in [0.717, 1.165) is 35.0 Å². The van der Waals surface area contributed by atoms with Gasteiger partial charge in [0.2, 0.25) is 5.88 Å². The van der Waals surface area contributed by atoms with Crippen molar-refractivity contribution in [2.24, 2.45) is 5.73 Å². The lowest BCUT2D eigenvalue weighted by Crippen LogP contribution is -2.46. The smallest absolute Gasteiger partial charge is 0.213 e. The van der Waals surface area contributed by atoms with Gasteiger partial charge in [-0.15, -0.1) is 0 Å². The molecular weight excluding hydrogens is 395 g/mol. The van der Waals surface area contributed by atoms with Crippen molar-refractivity contribution in [3.63, 3.8) is 0 Å². The number of nitrogens with zero attached hydrogens (tertiary/aromatic N) is 2. The largest absolute Gasteiger partial charge is 0.481 e.